The van der Waals surface area contributed by atoms with Crippen LogP contribution in [0.25, 0.3) is 10.8 Å². The molecule has 0 saturated carbocycles. The van der Waals surface area contributed by atoms with Crippen molar-refractivity contribution in [3.05, 3.63) is 88.3 Å². The predicted octanol–water partition coefficient (Wildman–Crippen LogP) is 5.09. The molecule has 6 aliphatic heterocycles. The third kappa shape index (κ3) is 12.0. The van der Waals surface area contributed by atoms with E-state index in [0.29, 0.717) is 44.7 Å². The molecule has 79 heavy (non-hydrogen) atoms. The number of piperidine rings is 2. The summed E-state index contributed by atoms with van der Waals surface area (Å²) in [6.45, 7) is 18.2. The number of hydrogen-bond acceptors (Lipinski definition) is 17. The topological polar surface area (TPSA) is 276 Å². The highest BCUT2D eigenvalue weighted by molar-refractivity contribution is 7.89. The summed E-state index contributed by atoms with van der Waals surface area (Å²) in [5, 5.41) is 51.0. The Balaban J connectivity index is 1.11. The van der Waals surface area contributed by atoms with Gasteiger partial charge in [-0.05, 0) is 50.8 Å². The SMILES string of the molecule is CO[C@H]1/C=C/OC2(C)Oc3c(C)c(O)c4c(O)c(c5c(c4c3C2=O)=NC2(CCN(CC(C)C)CC2)N=5)NC(=O)/C(C)=C\C=C\C(C)[C@H](O)[C@@H](C)C(O)[C@@H](C)C(OC(=O)CC(=O)N2CCC(NS(=O)(=O)c3ccccc3)CC2)[C@@H]1C. The molecule has 3 aromatic rings. The van der Waals surface area contributed by atoms with Gasteiger partial charge in [-0.2, -0.15) is 0 Å². The van der Waals surface area contributed by atoms with Gasteiger partial charge in [0, 0.05) is 106 Å². The number of anilines is 1. The molecule has 2 saturated heterocycles. The second kappa shape index (κ2) is 23.5. The Bertz CT molecular complexity index is 3190. The Morgan fingerprint density at radius 1 is 0.899 bits per heavy atom. The average molecular weight is 1110 g/mol. The number of carbonyl (C=O) groups is 4. The molecule has 20 nitrogen and oxygen atoms in total. The van der Waals surface area contributed by atoms with E-state index < -0.39 is 117 Å². The summed E-state index contributed by atoms with van der Waals surface area (Å²) in [6.07, 6.45) is 3.95. The van der Waals surface area contributed by atoms with E-state index in [1.165, 1.54) is 56.4 Å². The van der Waals surface area contributed by atoms with Gasteiger partial charge in [0.15, 0.2) is 11.4 Å². The largest absolute Gasteiger partial charge is 0.507 e. The third-order valence-corrected chi connectivity index (χ3v) is 17.9. The number of benzene rings is 3. The first kappa shape index (κ1) is 58.9. The van der Waals surface area contributed by atoms with E-state index >= 15 is 0 Å². The normalized spacial score (nSPS) is 29.5. The van der Waals surface area contributed by atoms with Gasteiger partial charge < -0.3 is 54.5 Å². The number of nitrogens with one attached hydrogen (secondary N) is 2. The van der Waals surface area contributed by atoms with Crippen LogP contribution in [0.15, 0.2) is 81.4 Å². The Kier molecular flexibility index (Phi) is 17.5. The number of likely N-dealkylation sites (tertiary alicyclic amines) is 2. The van der Waals surface area contributed by atoms with Crippen LogP contribution in [0.5, 0.6) is 17.2 Å². The maximum absolute atomic E-state index is 15.0. The van der Waals surface area contributed by atoms with Gasteiger partial charge in [0.2, 0.25) is 15.9 Å². The Hall–Kier alpha value is -6.23. The van der Waals surface area contributed by atoms with Crippen molar-refractivity contribution >= 4 is 50.1 Å². The number of phenolic OH excluding ortho intramolecular Hbond substituents is 2. The molecule has 2 amide bonds. The van der Waals surface area contributed by atoms with Crippen LogP contribution in [0, 0.1) is 36.5 Å². The summed E-state index contributed by atoms with van der Waals surface area (Å²) in [4.78, 5) is 70.9. The molecule has 428 valence electrons. The molecule has 9 atom stereocenters. The van der Waals surface area contributed by atoms with Crippen LogP contribution in [0.3, 0.4) is 0 Å². The molecule has 1 spiro atoms. The highest BCUT2D eigenvalue weighted by Crippen LogP contribution is 2.50. The molecule has 3 aromatic carbocycles. The lowest BCUT2D eigenvalue weighted by atomic mass is 9.78. The van der Waals surface area contributed by atoms with Crippen LogP contribution >= 0.6 is 0 Å². The Labute approximate surface area is 461 Å². The quantitative estimate of drug-likeness (QED) is 0.0925. The predicted molar refractivity (Wildman–Crippen MR) is 293 cm³/mol. The number of Topliss-reactive ketones (excluding diaryl/α,β-unsaturated/α-hetero) is 1. The minimum atomic E-state index is -3.79. The van der Waals surface area contributed by atoms with Crippen molar-refractivity contribution in [3.8, 4) is 17.2 Å². The zero-order chi connectivity index (χ0) is 57.5. The van der Waals surface area contributed by atoms with Gasteiger partial charge in [-0.25, -0.2) is 13.1 Å². The van der Waals surface area contributed by atoms with Crippen LogP contribution in [0.4, 0.5) is 5.69 Å². The fourth-order valence-electron chi connectivity index (χ4n) is 11.6. The number of ketones is 1. The first-order chi connectivity index (χ1) is 37.3. The number of amides is 2. The van der Waals surface area contributed by atoms with E-state index in [1.54, 1.807) is 65.0 Å². The number of sulfonamides is 1. The molecule has 9 rings (SSSR count). The van der Waals surface area contributed by atoms with E-state index in [-0.39, 0.29) is 67.6 Å². The number of phenols is 2. The number of aliphatic hydroxyl groups excluding tert-OH is 2. The van der Waals surface area contributed by atoms with Gasteiger partial charge in [-0.15, -0.1) is 0 Å². The summed E-state index contributed by atoms with van der Waals surface area (Å²) in [7, 11) is -2.37. The first-order valence-electron chi connectivity index (χ1n) is 27.2. The van der Waals surface area contributed by atoms with Gasteiger partial charge in [-0.3, -0.25) is 29.2 Å². The van der Waals surface area contributed by atoms with E-state index in [2.05, 4.69) is 28.8 Å². The number of methoxy groups -OCH3 is 1. The molecular formula is C58H76N6O14S. The summed E-state index contributed by atoms with van der Waals surface area (Å²) in [5.74, 6) is -8.35. The van der Waals surface area contributed by atoms with Crippen molar-refractivity contribution in [2.45, 2.75) is 141 Å². The van der Waals surface area contributed by atoms with Crippen molar-refractivity contribution < 1.29 is 67.0 Å². The Morgan fingerprint density at radius 2 is 1.56 bits per heavy atom. The number of nitrogens with zero attached hydrogens (tertiary/aromatic N) is 4. The molecule has 6 aliphatic rings. The van der Waals surface area contributed by atoms with Crippen molar-refractivity contribution in [2.24, 2.45) is 39.6 Å². The lowest BCUT2D eigenvalue weighted by molar-refractivity contribution is -0.165. The van der Waals surface area contributed by atoms with Crippen LogP contribution in [0.1, 0.15) is 103 Å². The molecule has 5 bridgehead atoms. The molecule has 6 heterocycles. The maximum Gasteiger partial charge on any atom is 0.315 e. The maximum atomic E-state index is 15.0. The molecule has 2 fully saturated rings. The molecule has 4 unspecified atom stereocenters. The summed E-state index contributed by atoms with van der Waals surface area (Å²) in [6, 6.07) is 7.55. The smallest absolute Gasteiger partial charge is 0.315 e. The van der Waals surface area contributed by atoms with E-state index in [4.69, 9.17) is 28.9 Å². The van der Waals surface area contributed by atoms with Crippen LogP contribution < -0.4 is 25.5 Å². The van der Waals surface area contributed by atoms with Crippen molar-refractivity contribution in [2.75, 3.05) is 45.2 Å². The molecule has 0 aromatic heterocycles. The van der Waals surface area contributed by atoms with Gasteiger partial charge >= 0.3 is 11.8 Å². The summed E-state index contributed by atoms with van der Waals surface area (Å²) < 4.78 is 53.3. The van der Waals surface area contributed by atoms with E-state index in [0.717, 1.165) is 6.54 Å². The number of aromatic hydroxyl groups is 2. The lowest BCUT2D eigenvalue weighted by Crippen LogP contribution is -2.48. The monoisotopic (exact) mass is 1110 g/mol. The number of carbonyl (C=O) groups excluding carboxylic acids is 4. The zero-order valence-electron chi connectivity index (χ0n) is 46.7. The third-order valence-electron chi connectivity index (χ3n) is 16.4. The van der Waals surface area contributed by atoms with Crippen molar-refractivity contribution in [1.82, 2.24) is 14.5 Å². The number of allylic oxidation sites excluding steroid dienone is 2. The second-order valence-electron chi connectivity index (χ2n) is 22.6. The summed E-state index contributed by atoms with van der Waals surface area (Å²) in [5.41, 5.74) is -0.802. The first-order valence-corrected chi connectivity index (χ1v) is 28.7. The number of esters is 1. The van der Waals surface area contributed by atoms with E-state index in [1.807, 2.05) is 0 Å². The molecule has 0 radical (unpaired) electrons. The number of ether oxygens (including phenoxy) is 4. The minimum Gasteiger partial charge on any atom is -0.507 e. The van der Waals surface area contributed by atoms with Gasteiger partial charge in [0.05, 0.1) is 45.8 Å². The van der Waals surface area contributed by atoms with Crippen LogP contribution in [-0.4, -0.2) is 144 Å². The molecular weight excluding hydrogens is 1040 g/mol. The fourth-order valence-corrected chi connectivity index (χ4v) is 12.9. The Morgan fingerprint density at radius 3 is 2.20 bits per heavy atom. The van der Waals surface area contributed by atoms with Gasteiger partial charge in [-0.1, -0.05) is 78.0 Å². The highest BCUT2D eigenvalue weighted by atomic mass is 32.2. The number of rotatable bonds is 9. The fraction of sp³-hybridized carbons (Fsp3) is 0.552. The number of aliphatic hydroxyl groups is 2. The lowest BCUT2D eigenvalue weighted by Gasteiger charge is -2.38. The van der Waals surface area contributed by atoms with Crippen molar-refractivity contribution in [1.29, 1.82) is 0 Å². The van der Waals surface area contributed by atoms with Crippen molar-refractivity contribution in [3.63, 3.8) is 0 Å². The zero-order valence-corrected chi connectivity index (χ0v) is 47.5. The van der Waals surface area contributed by atoms with Gasteiger partial charge in [0.1, 0.15) is 35.1 Å². The number of hydrogen-bond donors (Lipinski definition) is 6. The summed E-state index contributed by atoms with van der Waals surface area (Å²) >= 11 is 0. The average Bonchev–Trinajstić information content (AvgIpc) is 4.05. The standard InChI is InChI=1S/C58H76N6O14S/c1-31(2)30-63-26-22-58(23-27-63)60-46-43-44-51(69)37(8)54-45(43)55(71)57(9,78-54)76-28-21-40(75-10)34(5)53(77-42(66)29-41(65)64-24-19-38(20-25-64)62-79(73,74)39-17-12-11-13-18-39)36(7)50(68)35(6)49(67)32(3)15-14-16-33(4)56(72)59-48(52(44)70)47(46)61-58/h11-18,21,28,31-32,34-36,38,40,49-50,53,62,67-70H,19-20,22-27,29-30H2,1-10H3,(H,59,72)/b15-14+,28-21+,33-16-/t32?,34-,35-,36-,40+,49+,50?,53?,57?/m1/s1. The number of fused-ring (bicyclic) bond motifs is 13. The highest BCUT2D eigenvalue weighted by Gasteiger charge is 2.50. The van der Waals surface area contributed by atoms with Crippen LogP contribution in [0.2, 0.25) is 0 Å². The van der Waals surface area contributed by atoms with Gasteiger partial charge in [0.25, 0.3) is 11.7 Å². The molecule has 0 aliphatic carbocycles. The molecule has 21 heteroatoms. The minimum absolute atomic E-state index is 0.00755. The van der Waals surface area contributed by atoms with Crippen LogP contribution in [-0.2, 0) is 38.6 Å². The van der Waals surface area contributed by atoms with E-state index in [9.17, 15) is 48.0 Å². The second-order valence-corrected chi connectivity index (χ2v) is 24.3. The molecule has 6 N–H and O–H groups in total.